The second-order valence-electron chi connectivity index (χ2n) is 2.83. The van der Waals surface area contributed by atoms with E-state index in [4.69, 9.17) is 5.11 Å². The maximum atomic E-state index is 10.6. The van der Waals surface area contributed by atoms with Gasteiger partial charge in [0.1, 0.15) is 0 Å². The average Bonchev–Trinajstić information content (AvgIpc) is 1.99. The third-order valence-electron chi connectivity index (χ3n) is 1.79. The van der Waals surface area contributed by atoms with E-state index in [2.05, 4.69) is 6.58 Å². The van der Waals surface area contributed by atoms with Crippen LogP contribution in [0, 0.1) is 5.92 Å². The Balaban J connectivity index is 4.08. The summed E-state index contributed by atoms with van der Waals surface area (Å²) < 4.78 is 0. The van der Waals surface area contributed by atoms with Gasteiger partial charge in [-0.25, -0.2) is 0 Å². The van der Waals surface area contributed by atoms with Crippen molar-refractivity contribution in [1.82, 2.24) is 0 Å². The summed E-state index contributed by atoms with van der Waals surface area (Å²) >= 11 is 0. The van der Waals surface area contributed by atoms with Crippen LogP contribution >= 0.6 is 0 Å². The lowest BCUT2D eigenvalue weighted by molar-refractivity contribution is -0.145. The van der Waals surface area contributed by atoms with Crippen LogP contribution in [0.3, 0.4) is 0 Å². The Hall–Kier alpha value is -0.830. The third-order valence-corrected chi connectivity index (χ3v) is 1.79. The molecule has 0 bridgehead atoms. The van der Waals surface area contributed by atoms with Gasteiger partial charge in [-0.05, 0) is 12.8 Å². The standard InChI is InChI=1S/C9H16O3/c1-3-5-7(9(11)12)8(10)6-4-2/h3,7-8,10H,1,4-6H2,2H3,(H,11,12)/t7-,8-/m0/s1. The van der Waals surface area contributed by atoms with Crippen LogP contribution in [0.1, 0.15) is 26.2 Å². The molecule has 0 aromatic rings. The first-order valence-electron chi connectivity index (χ1n) is 4.15. The van der Waals surface area contributed by atoms with Crippen molar-refractivity contribution < 1.29 is 15.0 Å². The van der Waals surface area contributed by atoms with Crippen LogP contribution in [-0.2, 0) is 4.79 Å². The lowest BCUT2D eigenvalue weighted by Crippen LogP contribution is -2.27. The molecule has 0 heterocycles. The van der Waals surface area contributed by atoms with Crippen LogP contribution in [0.5, 0.6) is 0 Å². The maximum Gasteiger partial charge on any atom is 0.309 e. The molecule has 2 N–H and O–H groups in total. The van der Waals surface area contributed by atoms with Gasteiger partial charge in [0.25, 0.3) is 0 Å². The summed E-state index contributed by atoms with van der Waals surface area (Å²) in [6, 6.07) is 0. The lowest BCUT2D eigenvalue weighted by Gasteiger charge is -2.16. The molecular formula is C9H16O3. The number of aliphatic carboxylic acids is 1. The molecule has 3 nitrogen and oxygen atoms in total. The Bertz CT molecular complexity index is 154. The zero-order valence-corrected chi connectivity index (χ0v) is 7.36. The molecule has 0 aromatic carbocycles. The fraction of sp³-hybridized carbons (Fsp3) is 0.667. The molecule has 0 fully saturated rings. The smallest absolute Gasteiger partial charge is 0.309 e. The number of carboxylic acid groups (broad SMARTS) is 1. The molecule has 0 unspecified atom stereocenters. The fourth-order valence-electron chi connectivity index (χ4n) is 1.10. The summed E-state index contributed by atoms with van der Waals surface area (Å²) in [6.07, 6.45) is 2.44. The van der Waals surface area contributed by atoms with Gasteiger partial charge in [-0.1, -0.05) is 19.4 Å². The molecule has 70 valence electrons. The van der Waals surface area contributed by atoms with Crippen LogP contribution in [0.25, 0.3) is 0 Å². The first-order valence-corrected chi connectivity index (χ1v) is 4.15. The highest BCUT2D eigenvalue weighted by Crippen LogP contribution is 2.14. The number of hydrogen-bond acceptors (Lipinski definition) is 2. The molecular weight excluding hydrogens is 156 g/mol. The molecule has 0 saturated carbocycles. The van der Waals surface area contributed by atoms with Crippen molar-refractivity contribution in [3.05, 3.63) is 12.7 Å². The Kier molecular flexibility index (Phi) is 5.37. The molecule has 0 aromatic heterocycles. The summed E-state index contributed by atoms with van der Waals surface area (Å²) in [4.78, 5) is 10.6. The van der Waals surface area contributed by atoms with E-state index in [0.29, 0.717) is 12.8 Å². The number of aliphatic hydroxyl groups is 1. The second-order valence-corrected chi connectivity index (χ2v) is 2.83. The van der Waals surface area contributed by atoms with Crippen LogP contribution < -0.4 is 0 Å². The number of aliphatic hydroxyl groups excluding tert-OH is 1. The van der Waals surface area contributed by atoms with Crippen molar-refractivity contribution >= 4 is 5.97 Å². The number of carboxylic acids is 1. The van der Waals surface area contributed by atoms with Crippen LogP contribution in [-0.4, -0.2) is 22.3 Å². The third kappa shape index (κ3) is 3.53. The van der Waals surface area contributed by atoms with Gasteiger partial charge in [0.05, 0.1) is 12.0 Å². The molecule has 0 radical (unpaired) electrons. The summed E-state index contributed by atoms with van der Waals surface area (Å²) in [5.41, 5.74) is 0. The molecule has 12 heavy (non-hydrogen) atoms. The van der Waals surface area contributed by atoms with Crippen molar-refractivity contribution in [3.8, 4) is 0 Å². The van der Waals surface area contributed by atoms with E-state index in [1.54, 1.807) is 0 Å². The van der Waals surface area contributed by atoms with E-state index in [0.717, 1.165) is 6.42 Å². The van der Waals surface area contributed by atoms with E-state index in [-0.39, 0.29) is 0 Å². The normalized spacial score (nSPS) is 15.2. The van der Waals surface area contributed by atoms with Crippen molar-refractivity contribution in [2.24, 2.45) is 5.92 Å². The van der Waals surface area contributed by atoms with Crippen molar-refractivity contribution in [2.75, 3.05) is 0 Å². The maximum absolute atomic E-state index is 10.6. The highest BCUT2D eigenvalue weighted by Gasteiger charge is 2.23. The second kappa shape index (κ2) is 5.77. The van der Waals surface area contributed by atoms with Crippen LogP contribution in [0.2, 0.25) is 0 Å². The molecule has 0 saturated heterocycles. The molecule has 3 heteroatoms. The molecule has 0 rings (SSSR count). The highest BCUT2D eigenvalue weighted by molar-refractivity contribution is 5.70. The minimum atomic E-state index is -0.948. The Morgan fingerprint density at radius 2 is 2.25 bits per heavy atom. The van der Waals surface area contributed by atoms with Gasteiger partial charge < -0.3 is 10.2 Å². The minimum Gasteiger partial charge on any atom is -0.481 e. The van der Waals surface area contributed by atoms with Crippen LogP contribution in [0.4, 0.5) is 0 Å². The summed E-state index contributed by atoms with van der Waals surface area (Å²) in [5, 5.41) is 18.1. The van der Waals surface area contributed by atoms with Gasteiger partial charge in [0.15, 0.2) is 0 Å². The predicted octanol–water partition coefficient (Wildman–Crippen LogP) is 1.42. The summed E-state index contributed by atoms with van der Waals surface area (Å²) in [7, 11) is 0. The van der Waals surface area contributed by atoms with Gasteiger partial charge in [0, 0.05) is 0 Å². The summed E-state index contributed by atoms with van der Waals surface area (Å²) in [6.45, 7) is 5.36. The number of allylic oxidation sites excluding steroid dienone is 1. The van der Waals surface area contributed by atoms with E-state index in [9.17, 15) is 9.90 Å². The Morgan fingerprint density at radius 3 is 2.58 bits per heavy atom. The van der Waals surface area contributed by atoms with Crippen LogP contribution in [0.15, 0.2) is 12.7 Å². The Morgan fingerprint density at radius 1 is 1.67 bits per heavy atom. The van der Waals surface area contributed by atoms with Gasteiger partial charge >= 0.3 is 5.97 Å². The van der Waals surface area contributed by atoms with Crippen molar-refractivity contribution in [1.29, 1.82) is 0 Å². The molecule has 0 aliphatic carbocycles. The van der Waals surface area contributed by atoms with E-state index < -0.39 is 18.0 Å². The molecule has 0 aliphatic heterocycles. The van der Waals surface area contributed by atoms with E-state index in [1.165, 1.54) is 6.08 Å². The molecule has 2 atom stereocenters. The number of carbonyl (C=O) groups is 1. The SMILES string of the molecule is C=CC[C@H](C(=O)O)[C@@H](O)CCC. The average molecular weight is 172 g/mol. The minimum absolute atomic E-state index is 0.330. The first kappa shape index (κ1) is 11.2. The largest absolute Gasteiger partial charge is 0.481 e. The Labute approximate surface area is 72.7 Å². The number of hydrogen-bond donors (Lipinski definition) is 2. The van der Waals surface area contributed by atoms with Gasteiger partial charge in [-0.2, -0.15) is 0 Å². The zero-order valence-electron chi connectivity index (χ0n) is 7.36. The zero-order chi connectivity index (χ0) is 9.56. The van der Waals surface area contributed by atoms with Crippen molar-refractivity contribution in [2.45, 2.75) is 32.3 Å². The summed E-state index contributed by atoms with van der Waals surface area (Å²) in [5.74, 6) is -1.64. The van der Waals surface area contributed by atoms with E-state index in [1.807, 2.05) is 6.92 Å². The van der Waals surface area contributed by atoms with Gasteiger partial charge in [-0.3, -0.25) is 4.79 Å². The van der Waals surface area contributed by atoms with Gasteiger partial charge in [0.2, 0.25) is 0 Å². The van der Waals surface area contributed by atoms with Gasteiger partial charge in [-0.15, -0.1) is 6.58 Å². The molecule has 0 aliphatic rings. The lowest BCUT2D eigenvalue weighted by atomic mass is 9.95. The van der Waals surface area contributed by atoms with E-state index >= 15 is 0 Å². The topological polar surface area (TPSA) is 57.5 Å². The first-order chi connectivity index (χ1) is 5.63. The predicted molar refractivity (Wildman–Crippen MR) is 46.9 cm³/mol. The number of rotatable bonds is 6. The molecule has 0 amide bonds. The fourth-order valence-corrected chi connectivity index (χ4v) is 1.10. The monoisotopic (exact) mass is 172 g/mol. The highest BCUT2D eigenvalue weighted by atomic mass is 16.4. The quantitative estimate of drug-likeness (QED) is 0.596. The molecule has 0 spiro atoms. The van der Waals surface area contributed by atoms with Crippen molar-refractivity contribution in [3.63, 3.8) is 0 Å².